The van der Waals surface area contributed by atoms with Crippen LogP contribution in [-0.4, -0.2) is 19.5 Å². The van der Waals surface area contributed by atoms with Crippen molar-refractivity contribution in [3.05, 3.63) is 26.1 Å². The van der Waals surface area contributed by atoms with E-state index in [1.807, 2.05) is 0 Å². The van der Waals surface area contributed by atoms with Gasteiger partial charge in [0.05, 0.1) is 0 Å². The molecule has 3 rings (SSSR count). The molecule has 0 spiro atoms. The molecule has 7 heteroatoms. The van der Waals surface area contributed by atoms with Crippen molar-refractivity contribution >= 4 is 22.8 Å². The summed E-state index contributed by atoms with van der Waals surface area (Å²) in [6.07, 6.45) is 2.15. The molecule has 2 aromatic heterocycles. The number of H-pyrrole nitrogens is 2. The molecule has 1 aliphatic rings. The minimum Gasteiger partial charge on any atom is -0.323 e. The summed E-state index contributed by atoms with van der Waals surface area (Å²) in [5.74, 6) is 0.453. The molecule has 0 amide bonds. The zero-order chi connectivity index (χ0) is 11.3. The van der Waals surface area contributed by atoms with Crippen LogP contribution < -0.4 is 11.2 Å². The predicted molar refractivity (Wildman–Crippen MR) is 58.7 cm³/mol. The second kappa shape index (κ2) is 3.21. The van der Waals surface area contributed by atoms with Crippen LogP contribution in [0.5, 0.6) is 0 Å². The number of nitrogens with zero attached hydrogens (tertiary/aromatic N) is 2. The lowest BCUT2D eigenvalue weighted by molar-refractivity contribution is 0.580. The van der Waals surface area contributed by atoms with Crippen molar-refractivity contribution in [3.8, 4) is 0 Å². The van der Waals surface area contributed by atoms with Gasteiger partial charge >= 0.3 is 5.69 Å². The van der Waals surface area contributed by atoms with Gasteiger partial charge in [-0.3, -0.25) is 14.3 Å². The summed E-state index contributed by atoms with van der Waals surface area (Å²) in [7, 11) is 0. The van der Waals surface area contributed by atoms with Crippen LogP contribution in [-0.2, 0) is 6.54 Å². The van der Waals surface area contributed by atoms with Gasteiger partial charge in [-0.25, -0.2) is 4.79 Å². The Bertz CT molecular complexity index is 664. The highest BCUT2D eigenvalue weighted by Gasteiger charge is 2.24. The molecule has 1 aliphatic carbocycles. The van der Waals surface area contributed by atoms with Gasteiger partial charge in [-0.2, -0.15) is 4.98 Å². The van der Waals surface area contributed by atoms with Gasteiger partial charge < -0.3 is 4.98 Å². The maximum absolute atomic E-state index is 11.9. The normalized spacial score (nSPS) is 15.8. The molecule has 0 aromatic carbocycles. The van der Waals surface area contributed by atoms with Crippen LogP contribution in [0, 0.1) is 5.92 Å². The van der Waals surface area contributed by atoms with Crippen molar-refractivity contribution < 1.29 is 0 Å². The molecule has 84 valence electrons. The van der Waals surface area contributed by atoms with Gasteiger partial charge in [0, 0.05) is 6.54 Å². The van der Waals surface area contributed by atoms with Crippen LogP contribution in [0.25, 0.3) is 11.2 Å². The van der Waals surface area contributed by atoms with Crippen molar-refractivity contribution in [2.75, 3.05) is 0 Å². The maximum Gasteiger partial charge on any atom is 0.330 e. The number of hydrogen-bond donors (Lipinski definition) is 2. The Morgan fingerprint density at radius 2 is 2.12 bits per heavy atom. The van der Waals surface area contributed by atoms with Crippen molar-refractivity contribution in [1.29, 1.82) is 0 Å². The van der Waals surface area contributed by atoms with Gasteiger partial charge in [0.25, 0.3) is 5.56 Å². The van der Waals surface area contributed by atoms with Crippen LogP contribution in [0.15, 0.2) is 9.59 Å². The van der Waals surface area contributed by atoms with Crippen molar-refractivity contribution in [3.63, 3.8) is 0 Å². The van der Waals surface area contributed by atoms with Gasteiger partial charge in [-0.05, 0) is 30.4 Å². The van der Waals surface area contributed by atoms with Crippen LogP contribution >= 0.6 is 11.6 Å². The quantitative estimate of drug-likeness (QED) is 0.749. The monoisotopic (exact) mass is 240 g/mol. The van der Waals surface area contributed by atoms with E-state index in [2.05, 4.69) is 15.0 Å². The Labute approximate surface area is 94.3 Å². The number of rotatable bonds is 2. The number of nitrogens with one attached hydrogen (secondary N) is 2. The standard InChI is InChI=1S/C9H9ClN4O2/c10-8-11-5-6(12-8)13-9(16)14(7(5)15)3-4-1-2-4/h4H,1-3H2,(H,11,12)(H,13,16). The Balaban J connectivity index is 2.26. The first-order chi connectivity index (χ1) is 7.65. The van der Waals surface area contributed by atoms with E-state index in [-0.39, 0.29) is 22.0 Å². The Morgan fingerprint density at radius 1 is 1.38 bits per heavy atom. The summed E-state index contributed by atoms with van der Waals surface area (Å²) in [5.41, 5.74) is -0.310. The Morgan fingerprint density at radius 3 is 2.81 bits per heavy atom. The minimum absolute atomic E-state index is 0.104. The smallest absolute Gasteiger partial charge is 0.323 e. The largest absolute Gasteiger partial charge is 0.330 e. The third-order valence-corrected chi connectivity index (χ3v) is 2.92. The van der Waals surface area contributed by atoms with Gasteiger partial charge in [0.2, 0.25) is 5.28 Å². The second-order valence-corrected chi connectivity index (χ2v) is 4.40. The molecule has 2 heterocycles. The first-order valence-corrected chi connectivity index (χ1v) is 5.41. The highest BCUT2D eigenvalue weighted by molar-refractivity contribution is 6.28. The first-order valence-electron chi connectivity index (χ1n) is 5.03. The van der Waals surface area contributed by atoms with E-state index in [1.165, 1.54) is 4.57 Å². The molecule has 2 aromatic rings. The fraction of sp³-hybridized carbons (Fsp3) is 0.444. The second-order valence-electron chi connectivity index (χ2n) is 4.04. The Hall–Kier alpha value is -1.56. The summed E-state index contributed by atoms with van der Waals surface area (Å²) in [4.78, 5) is 32.6. The number of fused-ring (bicyclic) bond motifs is 1. The molecule has 0 aliphatic heterocycles. The molecule has 0 radical (unpaired) electrons. The van der Waals surface area contributed by atoms with Gasteiger partial charge in [-0.15, -0.1) is 0 Å². The van der Waals surface area contributed by atoms with E-state index >= 15 is 0 Å². The molecule has 0 unspecified atom stereocenters. The summed E-state index contributed by atoms with van der Waals surface area (Å²) in [6, 6.07) is 0. The van der Waals surface area contributed by atoms with Crippen LogP contribution in [0.4, 0.5) is 0 Å². The number of halogens is 1. The molecular weight excluding hydrogens is 232 g/mol. The summed E-state index contributed by atoms with van der Waals surface area (Å²) < 4.78 is 1.20. The average molecular weight is 241 g/mol. The lowest BCUT2D eigenvalue weighted by Gasteiger charge is -2.01. The SMILES string of the molecule is O=c1[nH]c2nc(Cl)[nH]c2c(=O)n1CC1CC1. The third kappa shape index (κ3) is 1.46. The molecule has 0 atom stereocenters. The highest BCUT2D eigenvalue weighted by atomic mass is 35.5. The van der Waals surface area contributed by atoms with Gasteiger partial charge in [0.1, 0.15) is 0 Å². The number of aromatic nitrogens is 4. The summed E-state index contributed by atoms with van der Waals surface area (Å²) >= 11 is 5.64. The van der Waals surface area contributed by atoms with Crippen molar-refractivity contribution in [2.45, 2.75) is 19.4 Å². The van der Waals surface area contributed by atoms with Gasteiger partial charge in [-0.1, -0.05) is 0 Å². The molecule has 1 saturated carbocycles. The van der Waals surface area contributed by atoms with Crippen LogP contribution in [0.3, 0.4) is 0 Å². The lowest BCUT2D eigenvalue weighted by atomic mass is 10.4. The van der Waals surface area contributed by atoms with E-state index in [1.54, 1.807) is 0 Å². The predicted octanol–water partition coefficient (Wildman–Crippen LogP) is 0.476. The average Bonchev–Trinajstić information content (AvgIpc) is 2.96. The van der Waals surface area contributed by atoms with Crippen LogP contribution in [0.2, 0.25) is 5.28 Å². The lowest BCUT2D eigenvalue weighted by Crippen LogP contribution is -2.35. The summed E-state index contributed by atoms with van der Waals surface area (Å²) in [6.45, 7) is 0.473. The highest BCUT2D eigenvalue weighted by Crippen LogP contribution is 2.29. The van der Waals surface area contributed by atoms with E-state index < -0.39 is 5.69 Å². The molecule has 0 saturated heterocycles. The van der Waals surface area contributed by atoms with Crippen LogP contribution in [0.1, 0.15) is 12.8 Å². The molecular formula is C9H9ClN4O2. The van der Waals surface area contributed by atoms with Crippen molar-refractivity contribution in [1.82, 2.24) is 19.5 Å². The number of hydrogen-bond acceptors (Lipinski definition) is 3. The minimum atomic E-state index is -0.424. The van der Waals surface area contributed by atoms with Crippen molar-refractivity contribution in [2.24, 2.45) is 5.92 Å². The molecule has 1 fully saturated rings. The van der Waals surface area contributed by atoms with E-state index in [9.17, 15) is 9.59 Å². The molecule has 6 nitrogen and oxygen atoms in total. The topological polar surface area (TPSA) is 83.5 Å². The third-order valence-electron chi connectivity index (χ3n) is 2.74. The maximum atomic E-state index is 11.9. The van der Waals surface area contributed by atoms with E-state index in [0.29, 0.717) is 12.5 Å². The van der Waals surface area contributed by atoms with E-state index in [0.717, 1.165) is 12.8 Å². The first kappa shape index (κ1) is 9.65. The fourth-order valence-electron chi connectivity index (χ4n) is 1.71. The molecule has 2 N–H and O–H groups in total. The fourth-order valence-corrected chi connectivity index (χ4v) is 1.89. The zero-order valence-corrected chi connectivity index (χ0v) is 9.04. The Kier molecular flexibility index (Phi) is 1.94. The molecule has 0 bridgehead atoms. The van der Waals surface area contributed by atoms with Gasteiger partial charge in [0.15, 0.2) is 11.2 Å². The van der Waals surface area contributed by atoms with E-state index in [4.69, 9.17) is 11.6 Å². The zero-order valence-electron chi connectivity index (χ0n) is 8.29. The number of imidazole rings is 1. The summed E-state index contributed by atoms with van der Waals surface area (Å²) in [5, 5.41) is 0.104. The number of aromatic amines is 2. The molecule has 16 heavy (non-hydrogen) atoms.